The average Bonchev–Trinajstić information content (AvgIpc) is 3.34. The van der Waals surface area contributed by atoms with Crippen LogP contribution in [0.4, 0.5) is 0 Å². The fourth-order valence-electron chi connectivity index (χ4n) is 3.20. The average molecular weight is 309 g/mol. The first kappa shape index (κ1) is 14.7. The number of aliphatic hydroxyl groups excluding tert-OH is 1. The van der Waals surface area contributed by atoms with Gasteiger partial charge in [0.15, 0.2) is 0 Å². The molecule has 2 aromatic rings. The highest BCUT2D eigenvalue weighted by Gasteiger charge is 2.33. The molecule has 1 aromatic carbocycles. The summed E-state index contributed by atoms with van der Waals surface area (Å²) in [4.78, 5) is 2.42. The molecule has 1 fully saturated rings. The van der Waals surface area contributed by atoms with Crippen molar-refractivity contribution in [1.82, 2.24) is 14.7 Å². The predicted octanol–water partition coefficient (Wildman–Crippen LogP) is 2.86. The number of hydrogen-bond donors (Lipinski definition) is 1. The molecular formula is C19H23N3O. The van der Waals surface area contributed by atoms with E-state index >= 15 is 0 Å². The largest absolute Gasteiger partial charge is 0.386 e. The van der Waals surface area contributed by atoms with Gasteiger partial charge in [0.05, 0.1) is 17.9 Å². The maximum Gasteiger partial charge on any atom is 0.101 e. The molecule has 4 heteroatoms. The van der Waals surface area contributed by atoms with Crippen molar-refractivity contribution in [3.63, 3.8) is 0 Å². The van der Waals surface area contributed by atoms with E-state index in [1.54, 1.807) is 0 Å². The molecule has 1 aliphatic heterocycles. The Hall–Kier alpha value is -1.91. The molecule has 2 heterocycles. The summed E-state index contributed by atoms with van der Waals surface area (Å²) in [6.07, 6.45) is 6.31. The van der Waals surface area contributed by atoms with Crippen LogP contribution in [0.2, 0.25) is 0 Å². The Kier molecular flexibility index (Phi) is 4.02. The van der Waals surface area contributed by atoms with Gasteiger partial charge in [-0.25, -0.2) is 0 Å². The van der Waals surface area contributed by atoms with E-state index in [9.17, 15) is 5.11 Å². The third-order valence-corrected chi connectivity index (χ3v) is 4.74. The molecule has 0 radical (unpaired) electrons. The Bertz CT molecular complexity index is 688. The highest BCUT2D eigenvalue weighted by molar-refractivity contribution is 5.48. The van der Waals surface area contributed by atoms with Crippen LogP contribution in [-0.4, -0.2) is 32.9 Å². The molecular weight excluding hydrogens is 286 g/mol. The second-order valence-corrected chi connectivity index (χ2v) is 6.61. The van der Waals surface area contributed by atoms with Crippen molar-refractivity contribution in [3.05, 3.63) is 59.4 Å². The minimum atomic E-state index is -0.362. The molecule has 1 saturated carbocycles. The third kappa shape index (κ3) is 3.38. The SMILES string of the molecule is O[C@H](c1cc2n(n1)CCN(C/C=C/c1ccccc1)C2)C1CC1. The Balaban J connectivity index is 1.37. The Labute approximate surface area is 137 Å². The molecule has 23 heavy (non-hydrogen) atoms. The molecule has 1 aliphatic carbocycles. The minimum absolute atomic E-state index is 0.362. The van der Waals surface area contributed by atoms with Gasteiger partial charge in [0, 0.05) is 19.6 Å². The molecule has 4 rings (SSSR count). The molecule has 0 bridgehead atoms. The molecule has 4 nitrogen and oxygen atoms in total. The second-order valence-electron chi connectivity index (χ2n) is 6.61. The number of fused-ring (bicyclic) bond motifs is 1. The maximum absolute atomic E-state index is 10.2. The number of nitrogens with zero attached hydrogens (tertiary/aromatic N) is 3. The van der Waals surface area contributed by atoms with Crippen LogP contribution in [0.5, 0.6) is 0 Å². The van der Waals surface area contributed by atoms with Gasteiger partial charge in [0.2, 0.25) is 0 Å². The summed E-state index contributed by atoms with van der Waals surface area (Å²) >= 11 is 0. The smallest absolute Gasteiger partial charge is 0.101 e. The lowest BCUT2D eigenvalue weighted by Gasteiger charge is -2.26. The van der Waals surface area contributed by atoms with Crippen LogP contribution in [0.25, 0.3) is 6.08 Å². The van der Waals surface area contributed by atoms with Crippen LogP contribution >= 0.6 is 0 Å². The lowest BCUT2D eigenvalue weighted by atomic mass is 10.1. The van der Waals surface area contributed by atoms with Crippen molar-refractivity contribution in [2.24, 2.45) is 5.92 Å². The summed E-state index contributed by atoms with van der Waals surface area (Å²) in [5, 5.41) is 14.8. The fraction of sp³-hybridized carbons (Fsp3) is 0.421. The zero-order valence-corrected chi connectivity index (χ0v) is 13.3. The highest BCUT2D eigenvalue weighted by atomic mass is 16.3. The summed E-state index contributed by atoms with van der Waals surface area (Å²) in [6.45, 7) is 3.77. The van der Waals surface area contributed by atoms with Crippen molar-refractivity contribution in [3.8, 4) is 0 Å². The van der Waals surface area contributed by atoms with E-state index in [4.69, 9.17) is 0 Å². The number of aromatic nitrogens is 2. The first-order valence-electron chi connectivity index (χ1n) is 8.48. The molecule has 1 N–H and O–H groups in total. The second kappa shape index (κ2) is 6.30. The van der Waals surface area contributed by atoms with Gasteiger partial charge in [0.25, 0.3) is 0 Å². The number of hydrogen-bond acceptors (Lipinski definition) is 3. The molecule has 0 spiro atoms. The first-order chi connectivity index (χ1) is 11.3. The van der Waals surface area contributed by atoms with E-state index in [0.29, 0.717) is 5.92 Å². The standard InChI is InChI=1S/C19H23N3O/c23-19(16-8-9-16)18-13-17-14-21(11-12-22(17)20-18)10-4-7-15-5-2-1-3-6-15/h1-7,13,16,19,23H,8-12,14H2/b7-4+/t19-/m0/s1. The Morgan fingerprint density at radius 1 is 1.22 bits per heavy atom. The Morgan fingerprint density at radius 3 is 2.83 bits per heavy atom. The van der Waals surface area contributed by atoms with Gasteiger partial charge in [-0.05, 0) is 30.4 Å². The van der Waals surface area contributed by atoms with Crippen molar-refractivity contribution in [1.29, 1.82) is 0 Å². The van der Waals surface area contributed by atoms with Crippen LogP contribution in [0.1, 0.15) is 35.9 Å². The van der Waals surface area contributed by atoms with Crippen LogP contribution in [0, 0.1) is 5.92 Å². The molecule has 0 amide bonds. The van der Waals surface area contributed by atoms with E-state index in [2.05, 4.69) is 57.2 Å². The highest BCUT2D eigenvalue weighted by Crippen LogP contribution is 2.40. The normalized spacial score (nSPS) is 19.9. The van der Waals surface area contributed by atoms with Gasteiger partial charge in [-0.1, -0.05) is 42.5 Å². The first-order valence-corrected chi connectivity index (χ1v) is 8.48. The van der Waals surface area contributed by atoms with Crippen LogP contribution in [0.3, 0.4) is 0 Å². The van der Waals surface area contributed by atoms with Crippen molar-refractivity contribution < 1.29 is 5.11 Å². The third-order valence-electron chi connectivity index (χ3n) is 4.74. The maximum atomic E-state index is 10.2. The predicted molar refractivity (Wildman–Crippen MR) is 90.7 cm³/mol. The van der Waals surface area contributed by atoms with E-state index in [1.165, 1.54) is 11.3 Å². The van der Waals surface area contributed by atoms with Gasteiger partial charge in [0.1, 0.15) is 6.10 Å². The number of benzene rings is 1. The summed E-state index contributed by atoms with van der Waals surface area (Å²) in [5.41, 5.74) is 3.33. The zero-order chi connectivity index (χ0) is 15.6. The monoisotopic (exact) mass is 309 g/mol. The van der Waals surface area contributed by atoms with Crippen molar-refractivity contribution in [2.75, 3.05) is 13.1 Å². The van der Waals surface area contributed by atoms with E-state index < -0.39 is 0 Å². The molecule has 2 aliphatic rings. The van der Waals surface area contributed by atoms with Crippen molar-refractivity contribution in [2.45, 2.75) is 32.0 Å². The zero-order valence-electron chi connectivity index (χ0n) is 13.3. The summed E-state index contributed by atoms with van der Waals surface area (Å²) in [6, 6.07) is 12.5. The van der Waals surface area contributed by atoms with E-state index in [1.807, 2.05) is 6.07 Å². The van der Waals surface area contributed by atoms with E-state index in [-0.39, 0.29) is 6.10 Å². The number of rotatable bonds is 5. The summed E-state index contributed by atoms with van der Waals surface area (Å²) < 4.78 is 2.07. The topological polar surface area (TPSA) is 41.3 Å². The van der Waals surface area contributed by atoms with Gasteiger partial charge in [-0.15, -0.1) is 0 Å². The van der Waals surface area contributed by atoms with Gasteiger partial charge in [-0.3, -0.25) is 9.58 Å². The number of aliphatic hydroxyl groups is 1. The molecule has 1 atom stereocenters. The lowest BCUT2D eigenvalue weighted by molar-refractivity contribution is 0.147. The molecule has 0 unspecified atom stereocenters. The lowest BCUT2D eigenvalue weighted by Crippen LogP contribution is -2.33. The van der Waals surface area contributed by atoms with Crippen molar-refractivity contribution >= 4 is 6.08 Å². The van der Waals surface area contributed by atoms with Crippen LogP contribution < -0.4 is 0 Å². The Morgan fingerprint density at radius 2 is 2.04 bits per heavy atom. The van der Waals surface area contributed by atoms with E-state index in [0.717, 1.165) is 44.7 Å². The molecule has 0 saturated heterocycles. The minimum Gasteiger partial charge on any atom is -0.386 e. The molecule has 1 aromatic heterocycles. The van der Waals surface area contributed by atoms with Gasteiger partial charge in [-0.2, -0.15) is 5.10 Å². The quantitative estimate of drug-likeness (QED) is 0.923. The van der Waals surface area contributed by atoms with Crippen LogP contribution in [-0.2, 0) is 13.1 Å². The van der Waals surface area contributed by atoms with Crippen LogP contribution in [0.15, 0.2) is 42.5 Å². The summed E-state index contributed by atoms with van der Waals surface area (Å²) in [7, 11) is 0. The fourth-order valence-corrected chi connectivity index (χ4v) is 3.20. The molecule has 120 valence electrons. The van der Waals surface area contributed by atoms with Gasteiger partial charge < -0.3 is 5.11 Å². The summed E-state index contributed by atoms with van der Waals surface area (Å²) in [5.74, 6) is 0.442. The van der Waals surface area contributed by atoms with Gasteiger partial charge >= 0.3 is 0 Å².